The van der Waals surface area contributed by atoms with Crippen LogP contribution in [0.25, 0.3) is 0 Å². The lowest BCUT2D eigenvalue weighted by Crippen LogP contribution is -2.49. The van der Waals surface area contributed by atoms with Crippen LogP contribution in [0.4, 0.5) is 0 Å². The van der Waals surface area contributed by atoms with E-state index >= 15 is 0 Å². The number of allylic oxidation sites excluding steroid dienone is 1. The lowest BCUT2D eigenvalue weighted by Gasteiger charge is -2.31. The van der Waals surface area contributed by atoms with Crippen LogP contribution < -0.4 is 14.2 Å². The number of esters is 3. The minimum Gasteiger partial charge on any atom is -0.493 e. The molecule has 1 aliphatic heterocycles. The second-order valence-corrected chi connectivity index (χ2v) is 9.52. The third-order valence-electron chi connectivity index (χ3n) is 5.47. The van der Waals surface area contributed by atoms with Gasteiger partial charge in [-0.05, 0) is 52.7 Å². The molecule has 0 unspecified atom stereocenters. The molecule has 0 bridgehead atoms. The molecule has 1 N–H and O–H groups in total. The zero-order chi connectivity index (χ0) is 27.2. The minimum atomic E-state index is -2.15. The van der Waals surface area contributed by atoms with E-state index < -0.39 is 41.8 Å². The maximum atomic E-state index is 12.9. The van der Waals surface area contributed by atoms with Crippen molar-refractivity contribution in [2.24, 2.45) is 5.92 Å². The van der Waals surface area contributed by atoms with E-state index in [2.05, 4.69) is 0 Å². The third-order valence-corrected chi connectivity index (χ3v) is 5.47. The molecule has 0 radical (unpaired) electrons. The Kier molecular flexibility index (Phi) is 9.75. The summed E-state index contributed by atoms with van der Waals surface area (Å²) in [6.07, 6.45) is -1.88. The van der Waals surface area contributed by atoms with Gasteiger partial charge in [0.15, 0.2) is 23.2 Å². The first kappa shape index (κ1) is 29.0. The predicted molar refractivity (Wildman–Crippen MR) is 129 cm³/mol. The smallest absolute Gasteiger partial charge is 0.342 e. The number of carbonyl (C=O) groups is 3. The molecule has 0 saturated heterocycles. The summed E-state index contributed by atoms with van der Waals surface area (Å²) in [4.78, 5) is 37.5. The van der Waals surface area contributed by atoms with Crippen molar-refractivity contribution in [3.63, 3.8) is 0 Å². The van der Waals surface area contributed by atoms with Gasteiger partial charge in [-0.1, -0.05) is 19.4 Å². The molecule has 1 aromatic carbocycles. The SMILES string of the molecule is COc1cc([C@@H](OC(=O)C=C(C)C)[C@H](C)OC(=O)[C@@](C)(O)[C@H](C)OC(=O)CC(C)C)cc2c1OCO2. The predicted octanol–water partition coefficient (Wildman–Crippen LogP) is 3.63. The van der Waals surface area contributed by atoms with Crippen molar-refractivity contribution in [2.75, 3.05) is 13.9 Å². The van der Waals surface area contributed by atoms with Crippen molar-refractivity contribution in [1.82, 2.24) is 0 Å². The molecule has 10 heteroatoms. The molecule has 1 aliphatic rings. The molecule has 0 aromatic heterocycles. The first-order valence-corrected chi connectivity index (χ1v) is 11.7. The van der Waals surface area contributed by atoms with Gasteiger partial charge in [0.1, 0.15) is 12.2 Å². The topological polar surface area (TPSA) is 127 Å². The molecule has 0 amide bonds. The summed E-state index contributed by atoms with van der Waals surface area (Å²) in [7, 11) is 1.45. The van der Waals surface area contributed by atoms with Crippen molar-refractivity contribution in [3.05, 3.63) is 29.3 Å². The Hall–Kier alpha value is -3.27. The summed E-state index contributed by atoms with van der Waals surface area (Å²) in [5.74, 6) is -1.06. The van der Waals surface area contributed by atoms with Crippen molar-refractivity contribution in [3.8, 4) is 17.2 Å². The maximum Gasteiger partial charge on any atom is 0.342 e. The largest absolute Gasteiger partial charge is 0.493 e. The Bertz CT molecular complexity index is 991. The highest BCUT2D eigenvalue weighted by Crippen LogP contribution is 2.44. The fourth-order valence-electron chi connectivity index (χ4n) is 3.35. The van der Waals surface area contributed by atoms with Crippen molar-refractivity contribution in [2.45, 2.75) is 78.8 Å². The van der Waals surface area contributed by atoms with Gasteiger partial charge in [-0.3, -0.25) is 4.79 Å². The fourth-order valence-corrected chi connectivity index (χ4v) is 3.35. The van der Waals surface area contributed by atoms with Crippen LogP contribution in [0.5, 0.6) is 17.2 Å². The summed E-state index contributed by atoms with van der Waals surface area (Å²) in [5.41, 5.74) is -1.02. The summed E-state index contributed by atoms with van der Waals surface area (Å²) in [6, 6.07) is 3.19. The summed E-state index contributed by atoms with van der Waals surface area (Å²) in [5, 5.41) is 10.8. The van der Waals surface area contributed by atoms with Gasteiger partial charge in [0.25, 0.3) is 0 Å². The molecule has 1 aromatic rings. The molecule has 200 valence electrons. The highest BCUT2D eigenvalue weighted by atomic mass is 16.7. The molecule has 1 heterocycles. The fraction of sp³-hybridized carbons (Fsp3) is 0.577. The number of benzene rings is 1. The Morgan fingerprint density at radius 1 is 1.08 bits per heavy atom. The Morgan fingerprint density at radius 3 is 2.33 bits per heavy atom. The van der Waals surface area contributed by atoms with E-state index in [9.17, 15) is 19.5 Å². The average Bonchev–Trinajstić information content (AvgIpc) is 3.24. The second-order valence-electron chi connectivity index (χ2n) is 9.52. The molecule has 0 saturated carbocycles. The van der Waals surface area contributed by atoms with Gasteiger partial charge in [-0.25, -0.2) is 9.59 Å². The van der Waals surface area contributed by atoms with Crippen LogP contribution in [0.2, 0.25) is 0 Å². The van der Waals surface area contributed by atoms with E-state index in [1.54, 1.807) is 26.0 Å². The van der Waals surface area contributed by atoms with Gasteiger partial charge < -0.3 is 33.5 Å². The monoisotopic (exact) mass is 508 g/mol. The Balaban J connectivity index is 2.30. The number of fused-ring (bicyclic) bond motifs is 1. The summed E-state index contributed by atoms with van der Waals surface area (Å²) < 4.78 is 32.6. The second kappa shape index (κ2) is 12.1. The van der Waals surface area contributed by atoms with Gasteiger partial charge >= 0.3 is 17.9 Å². The highest BCUT2D eigenvalue weighted by Gasteiger charge is 2.43. The lowest BCUT2D eigenvalue weighted by atomic mass is 9.99. The van der Waals surface area contributed by atoms with Gasteiger partial charge in [0.05, 0.1) is 7.11 Å². The number of methoxy groups -OCH3 is 1. The normalized spacial score (nSPS) is 16.3. The molecular weight excluding hydrogens is 472 g/mol. The van der Waals surface area contributed by atoms with Gasteiger partial charge in [-0.2, -0.15) is 0 Å². The zero-order valence-corrected chi connectivity index (χ0v) is 22.1. The molecule has 36 heavy (non-hydrogen) atoms. The number of rotatable bonds is 11. The van der Waals surface area contributed by atoms with Crippen LogP contribution >= 0.6 is 0 Å². The minimum absolute atomic E-state index is 0.00179. The van der Waals surface area contributed by atoms with Crippen LogP contribution in [-0.4, -0.2) is 54.7 Å². The molecule has 10 nitrogen and oxygen atoms in total. The average molecular weight is 509 g/mol. The quantitative estimate of drug-likeness (QED) is 0.269. The zero-order valence-electron chi connectivity index (χ0n) is 22.1. The maximum absolute atomic E-state index is 12.9. The number of aliphatic hydroxyl groups is 1. The number of carbonyl (C=O) groups excluding carboxylic acids is 3. The van der Waals surface area contributed by atoms with E-state index in [0.29, 0.717) is 28.4 Å². The first-order valence-electron chi connectivity index (χ1n) is 11.7. The van der Waals surface area contributed by atoms with Crippen LogP contribution in [0.15, 0.2) is 23.8 Å². The van der Waals surface area contributed by atoms with Crippen molar-refractivity contribution in [1.29, 1.82) is 0 Å². The molecular formula is C26H36O10. The molecule has 0 spiro atoms. The Morgan fingerprint density at radius 2 is 1.75 bits per heavy atom. The summed E-state index contributed by atoms with van der Waals surface area (Å²) >= 11 is 0. The van der Waals surface area contributed by atoms with Crippen LogP contribution in [-0.2, 0) is 28.6 Å². The standard InChI is InChI=1S/C26H36O10/c1-14(2)9-21(27)35-17(6)26(7,30)25(29)34-16(5)23(36-22(28)10-15(3)4)18-11-19(31-8)24-20(12-18)32-13-33-24/h10-12,14,16-17,23,30H,9,13H2,1-8H3/t16-,17-,23-,26-/m0/s1. The van der Waals surface area contributed by atoms with E-state index in [1.807, 2.05) is 13.8 Å². The molecule has 2 rings (SSSR count). The van der Waals surface area contributed by atoms with Crippen LogP contribution in [0.3, 0.4) is 0 Å². The number of hydrogen-bond donors (Lipinski definition) is 1. The highest BCUT2D eigenvalue weighted by molar-refractivity contribution is 5.83. The molecule has 0 aliphatic carbocycles. The van der Waals surface area contributed by atoms with Gasteiger partial charge in [0.2, 0.25) is 12.5 Å². The third kappa shape index (κ3) is 7.36. The van der Waals surface area contributed by atoms with Crippen LogP contribution in [0.1, 0.15) is 66.6 Å². The van der Waals surface area contributed by atoms with Crippen LogP contribution in [0, 0.1) is 5.92 Å². The van der Waals surface area contributed by atoms with Gasteiger partial charge in [-0.15, -0.1) is 0 Å². The number of hydrogen-bond acceptors (Lipinski definition) is 10. The first-order chi connectivity index (χ1) is 16.8. The van der Waals surface area contributed by atoms with E-state index in [-0.39, 0.29) is 19.1 Å². The molecule has 0 fully saturated rings. The number of ether oxygens (including phenoxy) is 6. The Labute approximate surface area is 211 Å². The van der Waals surface area contributed by atoms with Gasteiger partial charge in [0, 0.05) is 18.1 Å². The molecule has 4 atom stereocenters. The van der Waals surface area contributed by atoms with Crippen molar-refractivity contribution < 1.29 is 47.9 Å². The van der Waals surface area contributed by atoms with E-state index in [1.165, 1.54) is 34.0 Å². The summed E-state index contributed by atoms with van der Waals surface area (Å²) in [6.45, 7) is 11.3. The van der Waals surface area contributed by atoms with Crippen molar-refractivity contribution >= 4 is 17.9 Å². The van der Waals surface area contributed by atoms with E-state index in [4.69, 9.17) is 28.4 Å². The van der Waals surface area contributed by atoms with E-state index in [0.717, 1.165) is 0 Å². The lowest BCUT2D eigenvalue weighted by molar-refractivity contribution is -0.193.